The Balaban J connectivity index is 2.55. The van der Waals surface area contributed by atoms with E-state index in [9.17, 15) is 0 Å². The van der Waals surface area contributed by atoms with Gasteiger partial charge >= 0.3 is 0 Å². The van der Waals surface area contributed by atoms with Gasteiger partial charge in [0.25, 0.3) is 0 Å². The van der Waals surface area contributed by atoms with E-state index in [4.69, 9.17) is 0 Å². The highest BCUT2D eigenvalue weighted by Gasteiger charge is 2.26. The smallest absolute Gasteiger partial charge is 0.0960 e. The standard InChI is InChI=1S/C27H38B/c1-9-11-21-13-16-23(17-14-21)25(26(28-8)27(5,6)7)20(4)24-15-12-19(3)22(10-2)18-24/h12-14,16-18,24H,4,9-11,15H2,1-3,5-8H3/b26-25-. The molecule has 1 aromatic carbocycles. The van der Waals surface area contributed by atoms with Crippen molar-refractivity contribution < 1.29 is 0 Å². The molecule has 0 N–H and O–H groups in total. The zero-order valence-corrected chi connectivity index (χ0v) is 19.2. The molecule has 0 heterocycles. The first-order valence-corrected chi connectivity index (χ1v) is 10.9. The monoisotopic (exact) mass is 373 g/mol. The maximum atomic E-state index is 4.64. The van der Waals surface area contributed by atoms with Gasteiger partial charge in [0, 0.05) is 5.92 Å². The molecule has 0 saturated heterocycles. The summed E-state index contributed by atoms with van der Waals surface area (Å²) >= 11 is 0. The van der Waals surface area contributed by atoms with Crippen LogP contribution in [0.1, 0.15) is 71.9 Å². The normalized spacial score (nSPS) is 18.2. The molecule has 0 saturated carbocycles. The molecule has 1 aliphatic rings. The molecular weight excluding hydrogens is 335 g/mol. The fraction of sp³-hybridized carbons (Fsp3) is 0.481. The average molecular weight is 373 g/mol. The minimum absolute atomic E-state index is 0.0762. The van der Waals surface area contributed by atoms with Crippen LogP contribution < -0.4 is 0 Å². The molecule has 1 aliphatic carbocycles. The summed E-state index contributed by atoms with van der Waals surface area (Å²) in [6, 6.07) is 9.19. The summed E-state index contributed by atoms with van der Waals surface area (Å²) in [5.74, 6) is 0.376. The first kappa shape index (κ1) is 22.5. The average Bonchev–Trinajstić information content (AvgIpc) is 2.66. The molecule has 1 aromatic rings. The lowest BCUT2D eigenvalue weighted by atomic mass is 9.57. The minimum Gasteiger partial charge on any atom is -0.0960 e. The van der Waals surface area contributed by atoms with Crippen molar-refractivity contribution in [3.63, 3.8) is 0 Å². The lowest BCUT2D eigenvalue weighted by molar-refractivity contribution is 0.530. The molecule has 1 unspecified atom stereocenters. The van der Waals surface area contributed by atoms with Crippen LogP contribution in [0.3, 0.4) is 0 Å². The molecule has 28 heavy (non-hydrogen) atoms. The van der Waals surface area contributed by atoms with Gasteiger partial charge in [0.1, 0.15) is 7.28 Å². The van der Waals surface area contributed by atoms with E-state index in [1.807, 2.05) is 0 Å². The van der Waals surface area contributed by atoms with Crippen LogP contribution in [0.15, 0.2) is 65.2 Å². The van der Waals surface area contributed by atoms with Crippen molar-refractivity contribution in [2.75, 3.05) is 0 Å². The minimum atomic E-state index is 0.0762. The Morgan fingerprint density at radius 1 is 1.14 bits per heavy atom. The maximum Gasteiger partial charge on any atom is 0.144 e. The van der Waals surface area contributed by atoms with Crippen molar-refractivity contribution >= 4 is 12.9 Å². The van der Waals surface area contributed by atoms with Gasteiger partial charge in [0.05, 0.1) is 0 Å². The van der Waals surface area contributed by atoms with Crippen LogP contribution in [0, 0.1) is 11.3 Å². The molecule has 149 valence electrons. The fourth-order valence-corrected chi connectivity index (χ4v) is 4.30. The van der Waals surface area contributed by atoms with Crippen molar-refractivity contribution in [2.24, 2.45) is 11.3 Å². The predicted molar refractivity (Wildman–Crippen MR) is 128 cm³/mol. The highest BCUT2D eigenvalue weighted by molar-refractivity contribution is 6.46. The molecule has 2 rings (SSSR count). The Morgan fingerprint density at radius 3 is 2.29 bits per heavy atom. The summed E-state index contributed by atoms with van der Waals surface area (Å²) in [6.45, 7) is 20.4. The van der Waals surface area contributed by atoms with E-state index in [-0.39, 0.29) is 5.41 Å². The van der Waals surface area contributed by atoms with Crippen molar-refractivity contribution in [1.29, 1.82) is 0 Å². The van der Waals surface area contributed by atoms with E-state index >= 15 is 0 Å². The van der Waals surface area contributed by atoms with E-state index in [0.29, 0.717) is 5.92 Å². The van der Waals surface area contributed by atoms with Crippen LogP contribution in [0.25, 0.3) is 5.57 Å². The molecular formula is C27H38B. The van der Waals surface area contributed by atoms with Gasteiger partial charge in [-0.1, -0.05) is 102 Å². The summed E-state index contributed by atoms with van der Waals surface area (Å²) in [7, 11) is 2.29. The van der Waals surface area contributed by atoms with E-state index in [2.05, 4.69) is 98.6 Å². The number of aryl methyl sites for hydroxylation is 1. The van der Waals surface area contributed by atoms with Crippen LogP contribution in [-0.2, 0) is 6.42 Å². The van der Waals surface area contributed by atoms with E-state index in [1.54, 1.807) is 0 Å². The molecule has 0 amide bonds. The molecule has 0 spiro atoms. The van der Waals surface area contributed by atoms with Gasteiger partial charge in [-0.3, -0.25) is 0 Å². The SMILES string of the molecule is C=C(/C(=C(/[B]C)C(C)(C)C)c1ccc(CCC)cc1)C1C=C(CC)C(C)=CC1. The first-order chi connectivity index (χ1) is 13.2. The second-order valence-corrected chi connectivity index (χ2v) is 9.07. The third-order valence-corrected chi connectivity index (χ3v) is 5.88. The second-order valence-electron chi connectivity index (χ2n) is 9.07. The van der Waals surface area contributed by atoms with Crippen LogP contribution in [0.4, 0.5) is 0 Å². The Labute approximate surface area is 174 Å². The molecule has 1 atom stereocenters. The third-order valence-electron chi connectivity index (χ3n) is 5.88. The highest BCUT2D eigenvalue weighted by Crippen LogP contribution is 2.41. The number of hydrogen-bond donors (Lipinski definition) is 0. The van der Waals surface area contributed by atoms with E-state index < -0.39 is 0 Å². The molecule has 0 bridgehead atoms. The van der Waals surface area contributed by atoms with Gasteiger partial charge in [0.15, 0.2) is 0 Å². The summed E-state index contributed by atoms with van der Waals surface area (Å²) in [6.07, 6.45) is 9.31. The van der Waals surface area contributed by atoms with Crippen molar-refractivity contribution in [2.45, 2.75) is 74.0 Å². The maximum absolute atomic E-state index is 4.64. The van der Waals surface area contributed by atoms with Crippen LogP contribution in [0.2, 0.25) is 6.82 Å². The topological polar surface area (TPSA) is 0 Å². The van der Waals surface area contributed by atoms with Gasteiger partial charge in [0.2, 0.25) is 0 Å². The van der Waals surface area contributed by atoms with Crippen LogP contribution in [0.5, 0.6) is 0 Å². The van der Waals surface area contributed by atoms with Gasteiger partial charge in [-0.05, 0) is 59.4 Å². The number of benzene rings is 1. The summed E-state index contributed by atoms with van der Waals surface area (Å²) in [5.41, 5.74) is 9.66. The third kappa shape index (κ3) is 5.19. The van der Waals surface area contributed by atoms with Gasteiger partial charge in [-0.25, -0.2) is 0 Å². The zero-order chi connectivity index (χ0) is 20.9. The van der Waals surface area contributed by atoms with Gasteiger partial charge < -0.3 is 0 Å². The fourth-order valence-electron chi connectivity index (χ4n) is 4.30. The number of hydrogen-bond acceptors (Lipinski definition) is 0. The van der Waals surface area contributed by atoms with Gasteiger partial charge in [-0.2, -0.15) is 0 Å². The molecule has 1 radical (unpaired) electrons. The van der Waals surface area contributed by atoms with Crippen molar-refractivity contribution in [1.82, 2.24) is 0 Å². The quantitative estimate of drug-likeness (QED) is 0.335. The lowest BCUT2D eigenvalue weighted by Gasteiger charge is -2.31. The zero-order valence-electron chi connectivity index (χ0n) is 19.2. The summed E-state index contributed by atoms with van der Waals surface area (Å²) < 4.78 is 0. The Morgan fingerprint density at radius 2 is 1.79 bits per heavy atom. The number of rotatable bonds is 7. The lowest BCUT2D eigenvalue weighted by Crippen LogP contribution is -2.18. The number of allylic oxidation sites excluding steroid dienone is 7. The van der Waals surface area contributed by atoms with E-state index in [0.717, 1.165) is 19.3 Å². The summed E-state index contributed by atoms with van der Waals surface area (Å²) in [4.78, 5) is 0. The van der Waals surface area contributed by atoms with E-state index in [1.165, 1.54) is 45.3 Å². The molecule has 0 aliphatic heterocycles. The molecule has 1 heteroatoms. The van der Waals surface area contributed by atoms with Crippen LogP contribution in [-0.4, -0.2) is 7.28 Å². The highest BCUT2D eigenvalue weighted by atomic mass is 14.3. The van der Waals surface area contributed by atoms with Crippen LogP contribution >= 0.6 is 0 Å². The summed E-state index contributed by atoms with van der Waals surface area (Å²) in [5, 5.41) is 0. The Kier molecular flexibility index (Phi) is 7.75. The first-order valence-electron chi connectivity index (χ1n) is 10.9. The Bertz CT molecular complexity index is 779. The molecule has 0 fully saturated rings. The van der Waals surface area contributed by atoms with Gasteiger partial charge in [-0.15, -0.1) is 0 Å². The predicted octanol–water partition coefficient (Wildman–Crippen LogP) is 8.01. The Hall–Kier alpha value is -1.76. The van der Waals surface area contributed by atoms with Crippen molar-refractivity contribution in [3.05, 3.63) is 76.3 Å². The largest absolute Gasteiger partial charge is 0.144 e. The second kappa shape index (κ2) is 9.63. The molecule has 0 nitrogen and oxygen atoms in total. The van der Waals surface area contributed by atoms with Crippen molar-refractivity contribution in [3.8, 4) is 0 Å². The molecule has 0 aromatic heterocycles.